The molecule has 0 aromatic heterocycles. The van der Waals surface area contributed by atoms with Crippen molar-refractivity contribution in [1.29, 1.82) is 0 Å². The van der Waals surface area contributed by atoms with E-state index in [4.69, 9.17) is 0 Å². The molecule has 0 unspecified atom stereocenters. The minimum absolute atomic E-state index is 0.198. The number of rotatable bonds is 4. The molecule has 0 bridgehead atoms. The SMILES string of the molecule is C=CCN1Cc2ccc([N+](=O)[O-])cc2[C@H](CC)C1. The van der Waals surface area contributed by atoms with E-state index in [9.17, 15) is 10.1 Å². The van der Waals surface area contributed by atoms with E-state index in [0.29, 0.717) is 5.92 Å². The van der Waals surface area contributed by atoms with E-state index in [1.165, 1.54) is 5.56 Å². The lowest BCUT2D eigenvalue weighted by Gasteiger charge is -2.33. The van der Waals surface area contributed by atoms with Gasteiger partial charge in [-0.15, -0.1) is 6.58 Å². The molecular weight excluding hydrogens is 228 g/mol. The molecule has 0 fully saturated rings. The first-order valence-electron chi connectivity index (χ1n) is 6.26. The number of fused-ring (bicyclic) bond motifs is 1. The molecule has 0 aliphatic carbocycles. The fraction of sp³-hybridized carbons (Fsp3) is 0.429. The molecule has 18 heavy (non-hydrogen) atoms. The van der Waals surface area contributed by atoms with Crippen molar-refractivity contribution >= 4 is 5.69 Å². The summed E-state index contributed by atoms with van der Waals surface area (Å²) in [5.41, 5.74) is 2.55. The minimum Gasteiger partial charge on any atom is -0.295 e. The Morgan fingerprint density at radius 2 is 2.39 bits per heavy atom. The van der Waals surface area contributed by atoms with Gasteiger partial charge in [0.2, 0.25) is 0 Å². The van der Waals surface area contributed by atoms with Crippen LogP contribution in [0, 0.1) is 10.1 Å². The van der Waals surface area contributed by atoms with Crippen molar-refractivity contribution in [3.63, 3.8) is 0 Å². The predicted octanol–water partition coefficient (Wildman–Crippen LogP) is 3.09. The Morgan fingerprint density at radius 1 is 1.61 bits per heavy atom. The Balaban J connectivity index is 2.34. The van der Waals surface area contributed by atoms with Crippen LogP contribution >= 0.6 is 0 Å². The summed E-state index contributed by atoms with van der Waals surface area (Å²) in [6, 6.07) is 5.24. The highest BCUT2D eigenvalue weighted by atomic mass is 16.6. The first kappa shape index (κ1) is 12.8. The average Bonchev–Trinajstić information content (AvgIpc) is 2.37. The van der Waals surface area contributed by atoms with Gasteiger partial charge >= 0.3 is 0 Å². The monoisotopic (exact) mass is 246 g/mol. The van der Waals surface area contributed by atoms with Gasteiger partial charge in [-0.25, -0.2) is 0 Å². The maximum atomic E-state index is 10.8. The van der Waals surface area contributed by atoms with E-state index in [2.05, 4.69) is 18.4 Å². The van der Waals surface area contributed by atoms with E-state index in [1.807, 2.05) is 12.1 Å². The lowest BCUT2D eigenvalue weighted by molar-refractivity contribution is -0.385. The second-order valence-electron chi connectivity index (χ2n) is 4.73. The standard InChI is InChI=1S/C14H18N2O2/c1-3-7-15-9-11(4-2)14-8-13(16(17)18)6-5-12(14)10-15/h3,5-6,8,11H,1,4,7,9-10H2,2H3/t11-/m1/s1. The minimum atomic E-state index is -0.316. The number of hydrogen-bond donors (Lipinski definition) is 0. The highest BCUT2D eigenvalue weighted by Crippen LogP contribution is 2.32. The van der Waals surface area contributed by atoms with E-state index in [0.717, 1.165) is 31.6 Å². The molecule has 1 heterocycles. The number of non-ortho nitro benzene ring substituents is 1. The molecule has 4 heteroatoms. The Hall–Kier alpha value is -1.68. The van der Waals surface area contributed by atoms with Crippen molar-refractivity contribution in [2.24, 2.45) is 0 Å². The van der Waals surface area contributed by atoms with Gasteiger partial charge in [0.25, 0.3) is 5.69 Å². The lowest BCUT2D eigenvalue weighted by Crippen LogP contribution is -2.33. The number of nitro benzene ring substituents is 1. The van der Waals surface area contributed by atoms with Crippen molar-refractivity contribution in [2.75, 3.05) is 13.1 Å². The molecule has 0 saturated heterocycles. The Bertz CT molecular complexity index is 471. The van der Waals surface area contributed by atoms with E-state index < -0.39 is 0 Å². The zero-order valence-electron chi connectivity index (χ0n) is 10.6. The molecule has 2 rings (SSSR count). The Kier molecular flexibility index (Phi) is 3.77. The van der Waals surface area contributed by atoms with Gasteiger partial charge < -0.3 is 0 Å². The highest BCUT2D eigenvalue weighted by molar-refractivity contribution is 5.43. The van der Waals surface area contributed by atoms with Crippen LogP contribution in [0.3, 0.4) is 0 Å². The van der Waals surface area contributed by atoms with Crippen LogP contribution < -0.4 is 0 Å². The van der Waals surface area contributed by atoms with Gasteiger partial charge in [-0.05, 0) is 23.5 Å². The van der Waals surface area contributed by atoms with Crippen molar-refractivity contribution in [3.05, 3.63) is 52.1 Å². The van der Waals surface area contributed by atoms with Crippen molar-refractivity contribution < 1.29 is 4.92 Å². The largest absolute Gasteiger partial charge is 0.295 e. The second kappa shape index (κ2) is 5.31. The van der Waals surface area contributed by atoms with Crippen LogP contribution in [0.1, 0.15) is 30.4 Å². The molecule has 0 radical (unpaired) electrons. The first-order valence-corrected chi connectivity index (χ1v) is 6.26. The van der Waals surface area contributed by atoms with E-state index in [-0.39, 0.29) is 10.6 Å². The molecule has 4 nitrogen and oxygen atoms in total. The molecule has 0 saturated carbocycles. The third kappa shape index (κ3) is 2.43. The predicted molar refractivity (Wildman–Crippen MR) is 71.6 cm³/mol. The van der Waals surface area contributed by atoms with Crippen LogP contribution in [0.5, 0.6) is 0 Å². The normalized spacial score (nSPS) is 19.3. The zero-order chi connectivity index (χ0) is 13.1. The van der Waals surface area contributed by atoms with Crippen LogP contribution in [0.4, 0.5) is 5.69 Å². The third-order valence-electron chi connectivity index (χ3n) is 3.53. The molecule has 0 spiro atoms. The van der Waals surface area contributed by atoms with Crippen molar-refractivity contribution in [1.82, 2.24) is 4.90 Å². The highest BCUT2D eigenvalue weighted by Gasteiger charge is 2.25. The van der Waals surface area contributed by atoms with Gasteiger partial charge in [0.05, 0.1) is 4.92 Å². The van der Waals surface area contributed by atoms with Crippen molar-refractivity contribution in [2.45, 2.75) is 25.8 Å². The molecule has 1 aliphatic heterocycles. The fourth-order valence-electron chi connectivity index (χ4n) is 2.61. The molecule has 1 aromatic rings. The molecule has 1 aromatic carbocycles. The average molecular weight is 246 g/mol. The van der Waals surface area contributed by atoms with Gasteiger partial charge in [-0.3, -0.25) is 15.0 Å². The number of nitrogens with zero attached hydrogens (tertiary/aromatic N) is 2. The summed E-state index contributed by atoms with van der Waals surface area (Å²) in [5, 5.41) is 10.8. The second-order valence-corrected chi connectivity index (χ2v) is 4.73. The molecule has 1 atom stereocenters. The van der Waals surface area contributed by atoms with Gasteiger partial charge in [-0.2, -0.15) is 0 Å². The van der Waals surface area contributed by atoms with Crippen LogP contribution in [0.15, 0.2) is 30.9 Å². The van der Waals surface area contributed by atoms with Gasteiger partial charge in [0.15, 0.2) is 0 Å². The van der Waals surface area contributed by atoms with Crippen LogP contribution in [0.2, 0.25) is 0 Å². The number of hydrogen-bond acceptors (Lipinski definition) is 3. The summed E-state index contributed by atoms with van der Waals surface area (Å²) in [7, 11) is 0. The first-order chi connectivity index (χ1) is 8.65. The quantitative estimate of drug-likeness (QED) is 0.466. The van der Waals surface area contributed by atoms with E-state index >= 15 is 0 Å². The summed E-state index contributed by atoms with van der Waals surface area (Å²) in [6.07, 6.45) is 2.91. The van der Waals surface area contributed by atoms with Gasteiger partial charge in [-0.1, -0.05) is 19.1 Å². The van der Waals surface area contributed by atoms with Gasteiger partial charge in [0, 0.05) is 31.8 Å². The molecule has 1 aliphatic rings. The Labute approximate surface area is 107 Å². The third-order valence-corrected chi connectivity index (χ3v) is 3.53. The lowest BCUT2D eigenvalue weighted by atomic mass is 9.87. The van der Waals surface area contributed by atoms with E-state index in [1.54, 1.807) is 12.1 Å². The summed E-state index contributed by atoms with van der Waals surface area (Å²) < 4.78 is 0. The number of nitro groups is 1. The molecule has 0 N–H and O–H groups in total. The maximum Gasteiger partial charge on any atom is 0.269 e. The fourth-order valence-corrected chi connectivity index (χ4v) is 2.61. The summed E-state index contributed by atoms with van der Waals surface area (Å²) in [5.74, 6) is 0.383. The smallest absolute Gasteiger partial charge is 0.269 e. The topological polar surface area (TPSA) is 46.4 Å². The van der Waals surface area contributed by atoms with Crippen LogP contribution in [-0.2, 0) is 6.54 Å². The zero-order valence-corrected chi connectivity index (χ0v) is 10.6. The summed E-state index contributed by atoms with van der Waals surface area (Å²) in [4.78, 5) is 12.8. The molecule has 0 amide bonds. The number of benzene rings is 1. The summed E-state index contributed by atoms with van der Waals surface area (Å²) >= 11 is 0. The molecule has 96 valence electrons. The Morgan fingerprint density at radius 3 is 3.00 bits per heavy atom. The maximum absolute atomic E-state index is 10.8. The van der Waals surface area contributed by atoms with Crippen LogP contribution in [-0.4, -0.2) is 22.9 Å². The van der Waals surface area contributed by atoms with Crippen molar-refractivity contribution in [3.8, 4) is 0 Å². The van der Waals surface area contributed by atoms with Crippen LogP contribution in [0.25, 0.3) is 0 Å². The molecular formula is C14H18N2O2. The van der Waals surface area contributed by atoms with Gasteiger partial charge in [0.1, 0.15) is 0 Å². The summed E-state index contributed by atoms with van der Waals surface area (Å²) in [6.45, 7) is 8.58.